The first-order chi connectivity index (χ1) is 13.7. The first-order valence-corrected chi connectivity index (χ1v) is 8.51. The van der Waals surface area contributed by atoms with Gasteiger partial charge in [-0.2, -0.15) is 0 Å². The quantitative estimate of drug-likeness (QED) is 0.592. The highest BCUT2D eigenvalue weighted by Gasteiger charge is 2.12. The number of rotatable bonds is 4. The zero-order valence-corrected chi connectivity index (χ0v) is 15.0. The third kappa shape index (κ3) is 3.09. The van der Waals surface area contributed by atoms with Gasteiger partial charge in [-0.15, -0.1) is 0 Å². The smallest absolute Gasteiger partial charge is 0.269 e. The minimum absolute atomic E-state index is 0.0120. The topological polar surface area (TPSA) is 90.1 Å². The summed E-state index contributed by atoms with van der Waals surface area (Å²) in [6.45, 7) is 0. The molecule has 7 nitrogen and oxygen atoms in total. The predicted molar refractivity (Wildman–Crippen MR) is 107 cm³/mol. The number of hydrogen-bond donors (Lipinski definition) is 1. The van der Waals surface area contributed by atoms with Crippen LogP contribution in [-0.2, 0) is 0 Å². The van der Waals surface area contributed by atoms with Crippen molar-refractivity contribution in [1.29, 1.82) is 0 Å². The van der Waals surface area contributed by atoms with Crippen LogP contribution < -0.4 is 10.3 Å². The fraction of sp³-hybridized carbons (Fsp3) is 0.0476. The highest BCUT2D eigenvalue weighted by Crippen LogP contribution is 2.30. The zero-order chi connectivity index (χ0) is 19.5. The second kappa shape index (κ2) is 7.32. The monoisotopic (exact) mass is 372 g/mol. The molecule has 28 heavy (non-hydrogen) atoms. The van der Waals surface area contributed by atoms with E-state index in [9.17, 15) is 9.90 Å². The third-order valence-electron chi connectivity index (χ3n) is 4.25. The fourth-order valence-corrected chi connectivity index (χ4v) is 2.89. The van der Waals surface area contributed by atoms with Gasteiger partial charge >= 0.3 is 0 Å². The second-order valence-electron chi connectivity index (χ2n) is 5.94. The molecule has 4 aromatic rings. The van der Waals surface area contributed by atoms with Gasteiger partial charge in [0.15, 0.2) is 17.1 Å². The van der Waals surface area contributed by atoms with Crippen molar-refractivity contribution in [1.82, 2.24) is 19.5 Å². The van der Waals surface area contributed by atoms with Crippen molar-refractivity contribution < 1.29 is 9.84 Å². The van der Waals surface area contributed by atoms with Gasteiger partial charge in [0, 0.05) is 11.8 Å². The number of para-hydroxylation sites is 2. The molecule has 2 aromatic heterocycles. The van der Waals surface area contributed by atoms with Crippen molar-refractivity contribution in [2.45, 2.75) is 0 Å². The van der Waals surface area contributed by atoms with Gasteiger partial charge in [-0.05, 0) is 30.4 Å². The molecule has 0 spiro atoms. The Bertz CT molecular complexity index is 1230. The number of aromatic nitrogens is 4. The minimum Gasteiger partial charge on any atom is -0.504 e. The van der Waals surface area contributed by atoms with Crippen LogP contribution in [0.1, 0.15) is 11.4 Å². The van der Waals surface area contributed by atoms with Crippen molar-refractivity contribution >= 4 is 23.2 Å². The number of phenols is 1. The van der Waals surface area contributed by atoms with Crippen LogP contribution in [0.15, 0.2) is 65.8 Å². The van der Waals surface area contributed by atoms with Crippen molar-refractivity contribution in [3.8, 4) is 17.2 Å². The number of nitrogens with zero attached hydrogens (tertiary/aromatic N) is 4. The second-order valence-corrected chi connectivity index (χ2v) is 5.94. The molecule has 7 heteroatoms. The van der Waals surface area contributed by atoms with Crippen molar-refractivity contribution in [3.05, 3.63) is 82.8 Å². The summed E-state index contributed by atoms with van der Waals surface area (Å²) >= 11 is 0. The Morgan fingerprint density at radius 3 is 2.68 bits per heavy atom. The zero-order valence-electron chi connectivity index (χ0n) is 15.0. The summed E-state index contributed by atoms with van der Waals surface area (Å²) in [5.74, 6) is 0.754. The Hall–Kier alpha value is -4.00. The summed E-state index contributed by atoms with van der Waals surface area (Å²) in [4.78, 5) is 25.6. The molecular weight excluding hydrogens is 356 g/mol. The van der Waals surface area contributed by atoms with Crippen molar-refractivity contribution in [3.63, 3.8) is 0 Å². The summed E-state index contributed by atoms with van der Waals surface area (Å²) in [5.41, 5.74) is 1.24. The normalized spacial score (nSPS) is 11.2. The van der Waals surface area contributed by atoms with Crippen LogP contribution >= 0.6 is 0 Å². The van der Waals surface area contributed by atoms with E-state index in [0.717, 1.165) is 0 Å². The number of benzene rings is 2. The highest BCUT2D eigenvalue weighted by atomic mass is 16.5. The van der Waals surface area contributed by atoms with E-state index >= 15 is 0 Å². The molecule has 0 radical (unpaired) electrons. The maximum atomic E-state index is 13.1. The van der Waals surface area contributed by atoms with E-state index in [1.807, 2.05) is 30.3 Å². The summed E-state index contributed by atoms with van der Waals surface area (Å²) in [5, 5.41) is 10.6. The first-order valence-electron chi connectivity index (χ1n) is 8.51. The molecule has 2 heterocycles. The minimum atomic E-state index is -0.272. The van der Waals surface area contributed by atoms with Crippen LogP contribution in [-0.4, -0.2) is 31.7 Å². The predicted octanol–water partition coefficient (Wildman–Crippen LogP) is 3.06. The molecule has 0 saturated carbocycles. The van der Waals surface area contributed by atoms with Gasteiger partial charge in [-0.25, -0.2) is 15.0 Å². The standard InChI is InChI=1S/C21H16N4O3/c1-28-17-9-5-6-14(19(17)26)10-11-18-24-20-16(12-22-13-23-20)21(27)25(18)15-7-3-2-4-8-15/h2-13,26H,1H3. The van der Waals surface area contributed by atoms with Gasteiger partial charge in [0.05, 0.1) is 12.8 Å². The van der Waals surface area contributed by atoms with Crippen LogP contribution in [0.2, 0.25) is 0 Å². The van der Waals surface area contributed by atoms with E-state index in [4.69, 9.17) is 4.74 Å². The van der Waals surface area contributed by atoms with Gasteiger partial charge < -0.3 is 9.84 Å². The van der Waals surface area contributed by atoms with Crippen LogP contribution in [0.5, 0.6) is 11.5 Å². The van der Waals surface area contributed by atoms with E-state index in [0.29, 0.717) is 33.9 Å². The van der Waals surface area contributed by atoms with E-state index in [1.54, 1.807) is 30.4 Å². The van der Waals surface area contributed by atoms with E-state index in [2.05, 4.69) is 15.0 Å². The van der Waals surface area contributed by atoms with E-state index < -0.39 is 0 Å². The average Bonchev–Trinajstić information content (AvgIpc) is 2.74. The Kier molecular flexibility index (Phi) is 4.55. The molecular formula is C21H16N4O3. The van der Waals surface area contributed by atoms with Gasteiger partial charge in [0.25, 0.3) is 5.56 Å². The number of phenolic OH excluding ortho intramolecular Hbond substituents is 1. The highest BCUT2D eigenvalue weighted by molar-refractivity contribution is 5.77. The molecule has 0 unspecified atom stereocenters. The Labute approximate surface area is 160 Å². The molecule has 2 aromatic carbocycles. The van der Waals surface area contributed by atoms with Crippen LogP contribution in [0, 0.1) is 0 Å². The molecule has 4 rings (SSSR count). The van der Waals surface area contributed by atoms with E-state index in [-0.39, 0.29) is 11.3 Å². The average molecular weight is 372 g/mol. The number of hydrogen-bond acceptors (Lipinski definition) is 6. The Balaban J connectivity index is 1.92. The molecule has 1 N–H and O–H groups in total. The lowest BCUT2D eigenvalue weighted by Crippen LogP contribution is -2.22. The van der Waals surface area contributed by atoms with Gasteiger partial charge in [-0.3, -0.25) is 9.36 Å². The maximum Gasteiger partial charge on any atom is 0.269 e. The summed E-state index contributed by atoms with van der Waals surface area (Å²) in [7, 11) is 1.49. The third-order valence-corrected chi connectivity index (χ3v) is 4.25. The molecule has 0 fully saturated rings. The molecule has 0 atom stereocenters. The Morgan fingerprint density at radius 1 is 1.07 bits per heavy atom. The number of ether oxygens (including phenoxy) is 1. The first kappa shape index (κ1) is 17.4. The van der Waals surface area contributed by atoms with Crippen LogP contribution in [0.3, 0.4) is 0 Å². The summed E-state index contributed by atoms with van der Waals surface area (Å²) in [6, 6.07) is 14.4. The molecule has 0 saturated heterocycles. The molecule has 0 aliphatic heterocycles. The summed E-state index contributed by atoms with van der Waals surface area (Å²) < 4.78 is 6.62. The lowest BCUT2D eigenvalue weighted by molar-refractivity contribution is 0.373. The SMILES string of the molecule is COc1cccc(C=Cc2nc3ncncc3c(=O)n2-c2ccccc2)c1O. The Morgan fingerprint density at radius 2 is 1.89 bits per heavy atom. The molecule has 0 aliphatic rings. The molecule has 0 bridgehead atoms. The maximum absolute atomic E-state index is 13.1. The van der Waals surface area contributed by atoms with Crippen LogP contribution in [0.4, 0.5) is 0 Å². The lowest BCUT2D eigenvalue weighted by atomic mass is 10.1. The molecule has 138 valence electrons. The number of methoxy groups -OCH3 is 1. The fourth-order valence-electron chi connectivity index (χ4n) is 2.89. The lowest BCUT2D eigenvalue weighted by Gasteiger charge is -2.11. The van der Waals surface area contributed by atoms with Gasteiger partial charge in [-0.1, -0.05) is 30.3 Å². The number of aromatic hydroxyl groups is 1. The van der Waals surface area contributed by atoms with Gasteiger partial charge in [0.2, 0.25) is 0 Å². The van der Waals surface area contributed by atoms with Gasteiger partial charge in [0.1, 0.15) is 17.5 Å². The largest absolute Gasteiger partial charge is 0.504 e. The van der Waals surface area contributed by atoms with Crippen molar-refractivity contribution in [2.24, 2.45) is 0 Å². The van der Waals surface area contributed by atoms with Crippen LogP contribution in [0.25, 0.3) is 28.9 Å². The van der Waals surface area contributed by atoms with Crippen molar-refractivity contribution in [2.75, 3.05) is 7.11 Å². The molecule has 0 amide bonds. The van der Waals surface area contributed by atoms with E-state index in [1.165, 1.54) is 24.2 Å². The summed E-state index contributed by atoms with van der Waals surface area (Å²) in [6.07, 6.45) is 6.14. The molecule has 0 aliphatic carbocycles. The number of fused-ring (bicyclic) bond motifs is 1.